The normalized spacial score (nSPS) is 9.81. The van der Waals surface area contributed by atoms with Crippen LogP contribution in [0, 0.1) is 0 Å². The van der Waals surface area contributed by atoms with Crippen LogP contribution in [0.1, 0.15) is 16.8 Å². The average molecular weight is 296 g/mol. The highest BCUT2D eigenvalue weighted by Gasteiger charge is 2.13. The number of rotatable bonds is 7. The molecule has 1 aromatic rings. The second-order valence-corrected chi connectivity index (χ2v) is 3.97. The van der Waals surface area contributed by atoms with Crippen molar-refractivity contribution >= 4 is 23.5 Å². The molecule has 0 saturated heterocycles. The molecule has 0 fully saturated rings. The van der Waals surface area contributed by atoms with E-state index in [0.29, 0.717) is 0 Å². The molecule has 0 aromatic heterocycles. The zero-order chi connectivity index (χ0) is 15.8. The number of anilines is 1. The Kier molecular flexibility index (Phi) is 6.15. The number of aliphatic carboxylic acids is 1. The summed E-state index contributed by atoms with van der Waals surface area (Å²) in [5.74, 6) is -2.07. The maximum Gasteiger partial charge on any atom is 0.341 e. The Hall–Kier alpha value is -2.61. The lowest BCUT2D eigenvalue weighted by atomic mass is 10.2. The molecule has 0 aliphatic carbocycles. The number of amides is 1. The van der Waals surface area contributed by atoms with E-state index in [1.54, 1.807) is 0 Å². The summed E-state index contributed by atoms with van der Waals surface area (Å²) in [4.78, 5) is 33.5. The van der Waals surface area contributed by atoms with E-state index in [1.807, 2.05) is 0 Å². The molecule has 114 valence electrons. The van der Waals surface area contributed by atoms with Crippen molar-refractivity contribution in [2.45, 2.75) is 6.42 Å². The van der Waals surface area contributed by atoms with E-state index in [2.05, 4.69) is 10.1 Å². The number of esters is 1. The van der Waals surface area contributed by atoms with Crippen molar-refractivity contribution in [3.8, 4) is 5.75 Å². The fraction of sp³-hybridized carbons (Fsp3) is 0.308. The minimum Gasteiger partial charge on any atom is -0.480 e. The predicted octanol–water partition coefficient (Wildman–Crippen LogP) is 0.224. The van der Waals surface area contributed by atoms with Crippen LogP contribution in [0.4, 0.5) is 5.69 Å². The van der Waals surface area contributed by atoms with E-state index in [1.165, 1.54) is 25.3 Å². The number of carbonyl (C=O) groups excluding carboxylic acids is 2. The summed E-state index contributed by atoms with van der Waals surface area (Å²) in [6, 6.07) is 4.15. The van der Waals surface area contributed by atoms with Gasteiger partial charge in [-0.15, -0.1) is 0 Å². The third-order valence-corrected chi connectivity index (χ3v) is 2.40. The van der Waals surface area contributed by atoms with Gasteiger partial charge in [0.05, 0.1) is 18.4 Å². The zero-order valence-electron chi connectivity index (χ0n) is 11.4. The van der Waals surface area contributed by atoms with E-state index in [-0.39, 0.29) is 35.9 Å². The molecule has 0 spiro atoms. The Morgan fingerprint density at radius 3 is 2.62 bits per heavy atom. The van der Waals surface area contributed by atoms with E-state index >= 15 is 0 Å². The maximum atomic E-state index is 11.5. The van der Waals surface area contributed by atoms with Crippen LogP contribution < -0.4 is 15.8 Å². The summed E-state index contributed by atoms with van der Waals surface area (Å²) >= 11 is 0. The fourth-order valence-corrected chi connectivity index (χ4v) is 1.47. The highest BCUT2D eigenvalue weighted by molar-refractivity contribution is 5.95. The van der Waals surface area contributed by atoms with Crippen molar-refractivity contribution in [2.75, 3.05) is 25.6 Å². The number of nitrogens with one attached hydrogen (secondary N) is 1. The Balaban J connectivity index is 3.01. The van der Waals surface area contributed by atoms with Gasteiger partial charge in [0.25, 0.3) is 0 Å². The van der Waals surface area contributed by atoms with Crippen LogP contribution in [0.5, 0.6) is 5.75 Å². The van der Waals surface area contributed by atoms with Crippen LogP contribution in [0.15, 0.2) is 18.2 Å². The molecule has 21 heavy (non-hydrogen) atoms. The fourth-order valence-electron chi connectivity index (χ4n) is 1.47. The lowest BCUT2D eigenvalue weighted by Gasteiger charge is -2.12. The molecule has 0 saturated carbocycles. The number of carboxylic acid groups (broad SMARTS) is 1. The molecule has 1 aromatic carbocycles. The van der Waals surface area contributed by atoms with Gasteiger partial charge >= 0.3 is 11.9 Å². The predicted molar refractivity (Wildman–Crippen MR) is 73.2 cm³/mol. The topological polar surface area (TPSA) is 128 Å². The number of methoxy groups -OCH3 is 1. The molecule has 0 radical (unpaired) electrons. The highest BCUT2D eigenvalue weighted by Crippen LogP contribution is 2.26. The van der Waals surface area contributed by atoms with Crippen LogP contribution in [0.2, 0.25) is 0 Å². The standard InChI is InChI=1S/C13H16N2O6/c1-20-13(19)8-2-3-9(15-11(16)4-5-14)10(6-8)21-7-12(17)18/h2-3,6H,4-5,7,14H2,1H3,(H,15,16)(H,17,18). The minimum absolute atomic E-state index is 0.0608. The summed E-state index contributed by atoms with van der Waals surface area (Å²) in [6.45, 7) is -0.429. The van der Waals surface area contributed by atoms with Gasteiger partial charge in [-0.1, -0.05) is 0 Å². The van der Waals surface area contributed by atoms with Crippen molar-refractivity contribution in [2.24, 2.45) is 5.73 Å². The SMILES string of the molecule is COC(=O)c1ccc(NC(=O)CCN)c(OCC(=O)O)c1. The third-order valence-electron chi connectivity index (χ3n) is 2.40. The summed E-state index contributed by atoms with van der Waals surface area (Å²) in [7, 11) is 1.22. The molecule has 0 atom stereocenters. The third kappa shape index (κ3) is 5.11. The largest absolute Gasteiger partial charge is 0.480 e. The smallest absolute Gasteiger partial charge is 0.341 e. The zero-order valence-corrected chi connectivity index (χ0v) is 11.4. The summed E-state index contributed by atoms with van der Waals surface area (Å²) in [6.07, 6.45) is 0.108. The van der Waals surface area contributed by atoms with Crippen molar-refractivity contribution in [3.05, 3.63) is 23.8 Å². The number of carboxylic acids is 1. The van der Waals surface area contributed by atoms with Gasteiger partial charge in [-0.05, 0) is 18.2 Å². The average Bonchev–Trinajstić information content (AvgIpc) is 2.45. The van der Waals surface area contributed by atoms with E-state index in [0.717, 1.165) is 0 Å². The van der Waals surface area contributed by atoms with E-state index < -0.39 is 18.5 Å². The van der Waals surface area contributed by atoms with Gasteiger partial charge in [-0.2, -0.15) is 0 Å². The molecule has 1 amide bonds. The number of carbonyl (C=O) groups is 3. The van der Waals surface area contributed by atoms with Gasteiger partial charge in [0.1, 0.15) is 5.75 Å². The van der Waals surface area contributed by atoms with Gasteiger partial charge < -0.3 is 25.6 Å². The van der Waals surface area contributed by atoms with Crippen LogP contribution in [0.25, 0.3) is 0 Å². The first-order valence-electron chi connectivity index (χ1n) is 6.04. The van der Waals surface area contributed by atoms with E-state index in [4.69, 9.17) is 15.6 Å². The molecule has 8 nitrogen and oxygen atoms in total. The number of hydrogen-bond acceptors (Lipinski definition) is 6. The molecular weight excluding hydrogens is 280 g/mol. The summed E-state index contributed by atoms with van der Waals surface area (Å²) in [5.41, 5.74) is 5.70. The Morgan fingerprint density at radius 2 is 2.05 bits per heavy atom. The first-order chi connectivity index (χ1) is 9.97. The number of benzene rings is 1. The van der Waals surface area contributed by atoms with Gasteiger partial charge in [0, 0.05) is 13.0 Å². The maximum absolute atomic E-state index is 11.5. The first kappa shape index (κ1) is 16.4. The van der Waals surface area contributed by atoms with Crippen molar-refractivity contribution in [3.63, 3.8) is 0 Å². The Labute approximate surface area is 120 Å². The number of hydrogen-bond donors (Lipinski definition) is 3. The van der Waals surface area contributed by atoms with Crippen molar-refractivity contribution in [1.29, 1.82) is 0 Å². The van der Waals surface area contributed by atoms with Gasteiger partial charge in [-0.3, -0.25) is 4.79 Å². The van der Waals surface area contributed by atoms with Crippen LogP contribution >= 0.6 is 0 Å². The highest BCUT2D eigenvalue weighted by atomic mass is 16.5. The lowest BCUT2D eigenvalue weighted by molar-refractivity contribution is -0.139. The first-order valence-corrected chi connectivity index (χ1v) is 6.04. The van der Waals surface area contributed by atoms with Gasteiger partial charge in [0.15, 0.2) is 6.61 Å². The Bertz CT molecular complexity index is 543. The van der Waals surface area contributed by atoms with Crippen LogP contribution in [-0.2, 0) is 14.3 Å². The molecular formula is C13H16N2O6. The van der Waals surface area contributed by atoms with Crippen molar-refractivity contribution < 1.29 is 29.0 Å². The Morgan fingerprint density at radius 1 is 1.33 bits per heavy atom. The second-order valence-electron chi connectivity index (χ2n) is 3.97. The summed E-state index contributed by atoms with van der Waals surface area (Å²) < 4.78 is 9.62. The molecule has 0 bridgehead atoms. The molecule has 0 heterocycles. The second kappa shape index (κ2) is 7.85. The van der Waals surface area contributed by atoms with Crippen LogP contribution in [0.3, 0.4) is 0 Å². The van der Waals surface area contributed by atoms with Gasteiger partial charge in [-0.25, -0.2) is 9.59 Å². The molecule has 0 aliphatic rings. The summed E-state index contributed by atoms with van der Waals surface area (Å²) in [5, 5.41) is 11.2. The van der Waals surface area contributed by atoms with Crippen LogP contribution in [-0.4, -0.2) is 43.2 Å². The number of nitrogens with two attached hydrogens (primary N) is 1. The molecule has 8 heteroatoms. The minimum atomic E-state index is -1.18. The molecule has 4 N–H and O–H groups in total. The molecule has 0 unspecified atom stereocenters. The van der Waals surface area contributed by atoms with Crippen molar-refractivity contribution in [1.82, 2.24) is 0 Å². The molecule has 1 rings (SSSR count). The van der Waals surface area contributed by atoms with E-state index in [9.17, 15) is 14.4 Å². The number of ether oxygens (including phenoxy) is 2. The lowest BCUT2D eigenvalue weighted by Crippen LogP contribution is -2.18. The monoisotopic (exact) mass is 296 g/mol. The quantitative estimate of drug-likeness (QED) is 0.614. The molecule has 0 aliphatic heterocycles. The van der Waals surface area contributed by atoms with Gasteiger partial charge in [0.2, 0.25) is 5.91 Å².